The predicted octanol–water partition coefficient (Wildman–Crippen LogP) is 2.88. The fraction of sp³-hybridized carbons (Fsp3) is 0.231. The highest BCUT2D eigenvalue weighted by atomic mass is 79.9. The molecule has 6 heteroatoms. The third-order valence-corrected chi connectivity index (χ3v) is 2.87. The first-order valence-corrected chi connectivity index (χ1v) is 6.85. The van der Waals surface area contributed by atoms with Gasteiger partial charge in [0, 0.05) is 23.4 Å². The van der Waals surface area contributed by atoms with Gasteiger partial charge in [-0.25, -0.2) is 4.39 Å². The molecule has 0 spiro atoms. The van der Waals surface area contributed by atoms with E-state index in [1.165, 1.54) is 12.1 Å². The third-order valence-electron chi connectivity index (χ3n) is 2.48. The average molecular weight is 327 g/mol. The first-order chi connectivity index (χ1) is 9.19. The number of aromatic nitrogens is 1. The van der Waals surface area contributed by atoms with Crippen LogP contribution in [-0.4, -0.2) is 16.4 Å². The number of nitrogens with zero attached hydrogens (tertiary/aromatic N) is 1. The second-order valence-corrected chi connectivity index (χ2v) is 4.70. The minimum atomic E-state index is -0.300. The van der Waals surface area contributed by atoms with Gasteiger partial charge in [-0.2, -0.15) is 0 Å². The monoisotopic (exact) mass is 326 g/mol. The summed E-state index contributed by atoms with van der Waals surface area (Å²) >= 11 is 3.19. The first kappa shape index (κ1) is 13.7. The molecule has 1 amide bonds. The molecule has 0 radical (unpaired) electrons. The van der Waals surface area contributed by atoms with E-state index in [2.05, 4.69) is 26.4 Å². The van der Waals surface area contributed by atoms with Crippen molar-refractivity contribution in [3.8, 4) is 11.3 Å². The molecule has 0 atom stereocenters. The maximum atomic E-state index is 12.8. The van der Waals surface area contributed by atoms with Gasteiger partial charge in [-0.1, -0.05) is 21.1 Å². The molecule has 100 valence electrons. The van der Waals surface area contributed by atoms with Crippen molar-refractivity contribution in [2.75, 3.05) is 5.33 Å². The fourth-order valence-electron chi connectivity index (χ4n) is 1.51. The normalized spacial score (nSPS) is 10.4. The van der Waals surface area contributed by atoms with Gasteiger partial charge in [0.25, 0.3) is 0 Å². The van der Waals surface area contributed by atoms with Crippen LogP contribution >= 0.6 is 15.9 Å². The molecule has 0 fully saturated rings. The van der Waals surface area contributed by atoms with Gasteiger partial charge in [0.15, 0.2) is 5.76 Å². The molecule has 1 N–H and O–H groups in total. The second kappa shape index (κ2) is 6.47. The number of benzene rings is 1. The Morgan fingerprint density at radius 1 is 1.37 bits per heavy atom. The van der Waals surface area contributed by atoms with E-state index >= 15 is 0 Å². The summed E-state index contributed by atoms with van der Waals surface area (Å²) in [6.07, 6.45) is 0.419. The lowest BCUT2D eigenvalue weighted by Crippen LogP contribution is -2.22. The zero-order valence-electron chi connectivity index (χ0n) is 10.0. The van der Waals surface area contributed by atoms with Gasteiger partial charge in [-0.05, 0) is 24.3 Å². The van der Waals surface area contributed by atoms with Crippen LogP contribution in [0.4, 0.5) is 4.39 Å². The Morgan fingerprint density at radius 3 is 2.79 bits per heavy atom. The van der Waals surface area contributed by atoms with Crippen molar-refractivity contribution in [3.63, 3.8) is 0 Å². The molecule has 0 aliphatic heterocycles. The Kier molecular flexibility index (Phi) is 4.68. The molecule has 2 aromatic rings. The number of amides is 1. The van der Waals surface area contributed by atoms with Crippen LogP contribution in [0.15, 0.2) is 34.9 Å². The summed E-state index contributed by atoms with van der Waals surface area (Å²) in [6, 6.07) is 7.67. The van der Waals surface area contributed by atoms with Gasteiger partial charge in [0.1, 0.15) is 11.5 Å². The predicted molar refractivity (Wildman–Crippen MR) is 72.2 cm³/mol. The molecule has 0 saturated carbocycles. The van der Waals surface area contributed by atoms with Crippen LogP contribution in [0.2, 0.25) is 0 Å². The van der Waals surface area contributed by atoms with Gasteiger partial charge in [0.2, 0.25) is 5.91 Å². The molecule has 2 rings (SSSR count). The van der Waals surface area contributed by atoms with E-state index in [-0.39, 0.29) is 11.7 Å². The smallest absolute Gasteiger partial charge is 0.221 e. The van der Waals surface area contributed by atoms with Crippen LogP contribution in [0.3, 0.4) is 0 Å². The van der Waals surface area contributed by atoms with E-state index in [9.17, 15) is 9.18 Å². The molecule has 1 aromatic heterocycles. The van der Waals surface area contributed by atoms with E-state index < -0.39 is 0 Å². The summed E-state index contributed by atoms with van der Waals surface area (Å²) in [5.41, 5.74) is 1.37. The molecule has 1 aromatic carbocycles. The topological polar surface area (TPSA) is 55.1 Å². The summed E-state index contributed by atoms with van der Waals surface area (Å²) < 4.78 is 17.9. The Bertz CT molecular complexity index is 554. The molecule has 0 bridgehead atoms. The van der Waals surface area contributed by atoms with Crippen LogP contribution in [0, 0.1) is 5.82 Å². The Morgan fingerprint density at radius 2 is 2.11 bits per heavy atom. The maximum absolute atomic E-state index is 12.8. The number of hydrogen-bond donors (Lipinski definition) is 1. The van der Waals surface area contributed by atoms with Crippen molar-refractivity contribution in [1.29, 1.82) is 0 Å². The van der Waals surface area contributed by atoms with Gasteiger partial charge >= 0.3 is 0 Å². The molecular formula is C13H12BrFN2O2. The van der Waals surface area contributed by atoms with E-state index in [0.717, 1.165) is 5.56 Å². The van der Waals surface area contributed by atoms with Crippen LogP contribution in [0.1, 0.15) is 12.1 Å². The summed E-state index contributed by atoms with van der Waals surface area (Å²) in [4.78, 5) is 11.3. The number of rotatable bonds is 5. The van der Waals surface area contributed by atoms with E-state index in [1.54, 1.807) is 18.2 Å². The van der Waals surface area contributed by atoms with Crippen molar-refractivity contribution in [1.82, 2.24) is 10.5 Å². The van der Waals surface area contributed by atoms with Crippen LogP contribution in [-0.2, 0) is 11.3 Å². The van der Waals surface area contributed by atoms with Crippen LogP contribution in [0.25, 0.3) is 11.3 Å². The van der Waals surface area contributed by atoms with Crippen molar-refractivity contribution < 1.29 is 13.7 Å². The molecule has 0 aliphatic rings. The Balaban J connectivity index is 1.99. The minimum Gasteiger partial charge on any atom is -0.356 e. The Hall–Kier alpha value is -1.69. The molecule has 1 heterocycles. The number of carbonyl (C=O) groups is 1. The van der Waals surface area contributed by atoms with Gasteiger partial charge < -0.3 is 9.84 Å². The molecule has 19 heavy (non-hydrogen) atoms. The highest BCUT2D eigenvalue weighted by Crippen LogP contribution is 2.20. The van der Waals surface area contributed by atoms with Gasteiger partial charge in [-0.3, -0.25) is 4.79 Å². The molecule has 0 aliphatic carbocycles. The van der Waals surface area contributed by atoms with E-state index in [4.69, 9.17) is 4.52 Å². The third kappa shape index (κ3) is 3.89. The lowest BCUT2D eigenvalue weighted by Gasteiger charge is -1.99. The van der Waals surface area contributed by atoms with Gasteiger partial charge in [0.05, 0.1) is 6.54 Å². The van der Waals surface area contributed by atoms with Gasteiger partial charge in [-0.15, -0.1) is 0 Å². The number of halogens is 2. The molecule has 4 nitrogen and oxygen atoms in total. The zero-order chi connectivity index (χ0) is 13.7. The van der Waals surface area contributed by atoms with Crippen molar-refractivity contribution in [2.45, 2.75) is 13.0 Å². The lowest BCUT2D eigenvalue weighted by molar-refractivity contribution is -0.120. The highest BCUT2D eigenvalue weighted by Gasteiger charge is 2.08. The fourth-order valence-corrected chi connectivity index (χ4v) is 1.87. The van der Waals surface area contributed by atoms with Crippen molar-refractivity contribution >= 4 is 21.8 Å². The lowest BCUT2D eigenvalue weighted by atomic mass is 10.1. The standard InChI is InChI=1S/C13H12BrFN2O2/c14-6-5-13(18)16-8-11-7-12(19-17-11)9-1-3-10(15)4-2-9/h1-4,7H,5-6,8H2,(H,16,18). The SMILES string of the molecule is O=C(CCBr)NCc1cc(-c2ccc(F)cc2)on1. The highest BCUT2D eigenvalue weighted by molar-refractivity contribution is 9.09. The molecule has 0 saturated heterocycles. The first-order valence-electron chi connectivity index (χ1n) is 5.73. The zero-order valence-corrected chi connectivity index (χ0v) is 11.6. The summed E-state index contributed by atoms with van der Waals surface area (Å²) in [6.45, 7) is 0.316. The number of nitrogens with one attached hydrogen (secondary N) is 1. The number of alkyl halides is 1. The molecule has 0 unspecified atom stereocenters. The number of hydrogen-bond acceptors (Lipinski definition) is 3. The minimum absolute atomic E-state index is 0.0526. The van der Waals surface area contributed by atoms with E-state index in [0.29, 0.717) is 29.7 Å². The maximum Gasteiger partial charge on any atom is 0.221 e. The van der Waals surface area contributed by atoms with Crippen LogP contribution in [0.5, 0.6) is 0 Å². The van der Waals surface area contributed by atoms with Crippen molar-refractivity contribution in [2.24, 2.45) is 0 Å². The Labute approximate surface area is 118 Å². The largest absolute Gasteiger partial charge is 0.356 e. The van der Waals surface area contributed by atoms with E-state index in [1.807, 2.05) is 0 Å². The summed E-state index contributed by atoms with van der Waals surface area (Å²) in [5.74, 6) is 0.193. The van der Waals surface area contributed by atoms with Crippen molar-refractivity contribution in [3.05, 3.63) is 41.8 Å². The molecular weight excluding hydrogens is 315 g/mol. The quantitative estimate of drug-likeness (QED) is 0.859. The number of carbonyl (C=O) groups excluding carboxylic acids is 1. The average Bonchev–Trinajstić information content (AvgIpc) is 2.86. The summed E-state index contributed by atoms with van der Waals surface area (Å²) in [5, 5.41) is 7.20. The summed E-state index contributed by atoms with van der Waals surface area (Å²) in [7, 11) is 0. The second-order valence-electron chi connectivity index (χ2n) is 3.91. The van der Waals surface area contributed by atoms with Crippen LogP contribution < -0.4 is 5.32 Å².